The number of hydrogen-bond acceptors (Lipinski definition) is 4. The van der Waals surface area contributed by atoms with E-state index in [4.69, 9.17) is 12.2 Å². The summed E-state index contributed by atoms with van der Waals surface area (Å²) in [4.78, 5) is 21.9. The normalized spacial score (nSPS) is 9.85. The molecule has 0 fully saturated rings. The van der Waals surface area contributed by atoms with Gasteiger partial charge in [-0.05, 0) is 24.7 Å². The van der Waals surface area contributed by atoms with Crippen LogP contribution in [-0.2, 0) is 4.79 Å². The molecule has 0 radical (unpaired) electrons. The Morgan fingerprint density at radius 3 is 2.70 bits per heavy atom. The standard InChI is InChI=1S/C13H17N3O3S/c1-2-3-4-9-12(17)15-13(20)14-10-7-5-6-8-11(10)16(18)19/h5-8H,2-4,9H2,1H3,(H2,14,15,17,20). The summed E-state index contributed by atoms with van der Waals surface area (Å²) < 4.78 is 0. The van der Waals surface area contributed by atoms with Crippen molar-refractivity contribution in [2.75, 3.05) is 5.32 Å². The Hall–Kier alpha value is -2.02. The van der Waals surface area contributed by atoms with Crippen LogP contribution in [0.15, 0.2) is 24.3 Å². The van der Waals surface area contributed by atoms with Gasteiger partial charge < -0.3 is 10.6 Å². The van der Waals surface area contributed by atoms with Gasteiger partial charge in [-0.1, -0.05) is 31.9 Å². The Balaban J connectivity index is 2.54. The van der Waals surface area contributed by atoms with E-state index in [0.29, 0.717) is 6.42 Å². The van der Waals surface area contributed by atoms with Crippen LogP contribution in [0.5, 0.6) is 0 Å². The fourth-order valence-electron chi connectivity index (χ4n) is 1.62. The number of nitro benzene ring substituents is 1. The van der Waals surface area contributed by atoms with E-state index in [-0.39, 0.29) is 22.4 Å². The van der Waals surface area contributed by atoms with Crippen LogP contribution in [-0.4, -0.2) is 15.9 Å². The first-order valence-corrected chi connectivity index (χ1v) is 6.79. The zero-order valence-corrected chi connectivity index (χ0v) is 12.0. The number of hydrogen-bond donors (Lipinski definition) is 2. The van der Waals surface area contributed by atoms with Gasteiger partial charge in [0.2, 0.25) is 5.91 Å². The molecule has 7 heteroatoms. The zero-order chi connectivity index (χ0) is 15.0. The molecule has 0 aromatic heterocycles. The van der Waals surface area contributed by atoms with Gasteiger partial charge in [-0.15, -0.1) is 0 Å². The van der Waals surface area contributed by atoms with E-state index in [1.807, 2.05) is 0 Å². The van der Waals surface area contributed by atoms with Crippen LogP contribution < -0.4 is 10.6 Å². The van der Waals surface area contributed by atoms with Crippen molar-refractivity contribution in [1.82, 2.24) is 5.32 Å². The second-order valence-electron chi connectivity index (χ2n) is 4.23. The lowest BCUT2D eigenvalue weighted by molar-refractivity contribution is -0.383. The molecular formula is C13H17N3O3S. The number of carbonyl (C=O) groups excluding carboxylic acids is 1. The van der Waals surface area contributed by atoms with Crippen LogP contribution in [0.25, 0.3) is 0 Å². The molecule has 0 saturated carbocycles. The number of nitrogens with zero attached hydrogens (tertiary/aromatic N) is 1. The molecule has 1 aromatic carbocycles. The summed E-state index contributed by atoms with van der Waals surface area (Å²) in [5, 5.41) is 16.1. The molecule has 0 atom stereocenters. The van der Waals surface area contributed by atoms with E-state index in [9.17, 15) is 14.9 Å². The molecule has 0 saturated heterocycles. The average molecular weight is 295 g/mol. The van der Waals surface area contributed by atoms with Gasteiger partial charge in [-0.3, -0.25) is 14.9 Å². The largest absolute Gasteiger partial charge is 0.327 e. The minimum Gasteiger partial charge on any atom is -0.327 e. The smallest absolute Gasteiger partial charge is 0.292 e. The van der Waals surface area contributed by atoms with E-state index >= 15 is 0 Å². The lowest BCUT2D eigenvalue weighted by atomic mass is 10.2. The van der Waals surface area contributed by atoms with Gasteiger partial charge in [-0.25, -0.2) is 0 Å². The maximum Gasteiger partial charge on any atom is 0.292 e. The number of anilines is 1. The average Bonchev–Trinajstić information content (AvgIpc) is 2.39. The summed E-state index contributed by atoms with van der Waals surface area (Å²) in [6.45, 7) is 2.05. The lowest BCUT2D eigenvalue weighted by Gasteiger charge is -2.09. The highest BCUT2D eigenvalue weighted by Crippen LogP contribution is 2.22. The first-order chi connectivity index (χ1) is 9.54. The SMILES string of the molecule is CCCCCC(=O)NC(=S)Nc1ccccc1[N+](=O)[O-]. The van der Waals surface area contributed by atoms with Crippen LogP contribution in [0.3, 0.4) is 0 Å². The Morgan fingerprint density at radius 1 is 1.35 bits per heavy atom. The second-order valence-corrected chi connectivity index (χ2v) is 4.64. The van der Waals surface area contributed by atoms with Gasteiger partial charge in [-0.2, -0.15) is 0 Å². The molecular weight excluding hydrogens is 278 g/mol. The summed E-state index contributed by atoms with van der Waals surface area (Å²) in [6.07, 6.45) is 3.22. The predicted molar refractivity (Wildman–Crippen MR) is 81.6 cm³/mol. The second kappa shape index (κ2) is 8.21. The van der Waals surface area contributed by atoms with Gasteiger partial charge in [0.05, 0.1) is 4.92 Å². The topological polar surface area (TPSA) is 84.3 Å². The van der Waals surface area contributed by atoms with Gasteiger partial charge in [0.1, 0.15) is 5.69 Å². The Kier molecular flexibility index (Phi) is 6.58. The number of nitro groups is 1. The number of carbonyl (C=O) groups is 1. The summed E-state index contributed by atoms with van der Waals surface area (Å²) in [5.74, 6) is -0.186. The van der Waals surface area contributed by atoms with Gasteiger partial charge in [0.25, 0.3) is 5.69 Å². The predicted octanol–water partition coefficient (Wildman–Crippen LogP) is 2.99. The zero-order valence-electron chi connectivity index (χ0n) is 11.2. The van der Waals surface area contributed by atoms with E-state index in [0.717, 1.165) is 19.3 Å². The van der Waals surface area contributed by atoms with Gasteiger partial charge >= 0.3 is 0 Å². The molecule has 20 heavy (non-hydrogen) atoms. The molecule has 1 amide bonds. The van der Waals surface area contributed by atoms with Crippen molar-refractivity contribution >= 4 is 34.6 Å². The minimum absolute atomic E-state index is 0.0702. The van der Waals surface area contributed by atoms with E-state index < -0.39 is 4.92 Å². The van der Waals surface area contributed by atoms with Crippen molar-refractivity contribution in [2.24, 2.45) is 0 Å². The maximum absolute atomic E-state index is 11.6. The van der Waals surface area contributed by atoms with Crippen molar-refractivity contribution in [3.63, 3.8) is 0 Å². The van der Waals surface area contributed by atoms with Crippen molar-refractivity contribution in [2.45, 2.75) is 32.6 Å². The van der Waals surface area contributed by atoms with E-state index in [1.165, 1.54) is 12.1 Å². The van der Waals surface area contributed by atoms with E-state index in [1.54, 1.807) is 12.1 Å². The van der Waals surface area contributed by atoms with Crippen molar-refractivity contribution in [3.05, 3.63) is 34.4 Å². The minimum atomic E-state index is -0.506. The Bertz CT molecular complexity index is 505. The first kappa shape index (κ1) is 16.0. The maximum atomic E-state index is 11.6. The molecule has 6 nitrogen and oxygen atoms in total. The van der Waals surface area contributed by atoms with Gasteiger partial charge in [0.15, 0.2) is 5.11 Å². The van der Waals surface area contributed by atoms with Crippen LogP contribution in [0.1, 0.15) is 32.6 Å². The number of benzene rings is 1. The fourth-order valence-corrected chi connectivity index (χ4v) is 1.84. The lowest BCUT2D eigenvalue weighted by Crippen LogP contribution is -2.34. The Labute approximate surface area is 122 Å². The molecule has 0 bridgehead atoms. The summed E-state index contributed by atoms with van der Waals surface area (Å²) >= 11 is 4.97. The highest BCUT2D eigenvalue weighted by atomic mass is 32.1. The molecule has 0 heterocycles. The quantitative estimate of drug-likeness (QED) is 0.365. The number of para-hydroxylation sites is 2. The number of unbranched alkanes of at least 4 members (excludes halogenated alkanes) is 2. The molecule has 1 rings (SSSR count). The van der Waals surface area contributed by atoms with Crippen LogP contribution in [0, 0.1) is 10.1 Å². The number of nitrogens with one attached hydrogen (secondary N) is 2. The number of amides is 1. The molecule has 0 aliphatic rings. The molecule has 0 aliphatic carbocycles. The fraction of sp³-hybridized carbons (Fsp3) is 0.385. The summed E-state index contributed by atoms with van der Waals surface area (Å²) in [7, 11) is 0. The molecule has 1 aromatic rings. The summed E-state index contributed by atoms with van der Waals surface area (Å²) in [5.41, 5.74) is 0.173. The highest BCUT2D eigenvalue weighted by Gasteiger charge is 2.14. The third-order valence-electron chi connectivity index (χ3n) is 2.61. The third kappa shape index (κ3) is 5.31. The number of thiocarbonyl (C=S) groups is 1. The molecule has 0 unspecified atom stereocenters. The van der Waals surface area contributed by atoms with Crippen LogP contribution in [0.2, 0.25) is 0 Å². The third-order valence-corrected chi connectivity index (χ3v) is 2.81. The summed E-state index contributed by atoms with van der Waals surface area (Å²) in [6, 6.07) is 6.12. The highest BCUT2D eigenvalue weighted by molar-refractivity contribution is 7.80. The van der Waals surface area contributed by atoms with E-state index in [2.05, 4.69) is 17.6 Å². The van der Waals surface area contributed by atoms with Crippen molar-refractivity contribution < 1.29 is 9.72 Å². The van der Waals surface area contributed by atoms with Crippen LogP contribution in [0.4, 0.5) is 11.4 Å². The van der Waals surface area contributed by atoms with Gasteiger partial charge in [0, 0.05) is 12.5 Å². The molecule has 0 aliphatic heterocycles. The Morgan fingerprint density at radius 2 is 2.05 bits per heavy atom. The monoisotopic (exact) mass is 295 g/mol. The molecule has 0 spiro atoms. The van der Waals surface area contributed by atoms with Crippen molar-refractivity contribution in [3.8, 4) is 0 Å². The molecule has 108 valence electrons. The molecule has 2 N–H and O–H groups in total. The number of rotatable bonds is 6. The van der Waals surface area contributed by atoms with Crippen LogP contribution >= 0.6 is 12.2 Å². The van der Waals surface area contributed by atoms with Crippen molar-refractivity contribution in [1.29, 1.82) is 0 Å². The first-order valence-electron chi connectivity index (χ1n) is 6.39.